The lowest BCUT2D eigenvalue weighted by molar-refractivity contribution is -0.365. The van der Waals surface area contributed by atoms with Gasteiger partial charge in [0.15, 0.2) is 0 Å². The SMILES string of the molecule is CCCCOC1(OCCC)CCN1CCC. The van der Waals surface area contributed by atoms with Crippen molar-refractivity contribution in [2.24, 2.45) is 0 Å². The quantitative estimate of drug-likeness (QED) is 0.448. The Morgan fingerprint density at radius 3 is 2.25 bits per heavy atom. The second-order valence-corrected chi connectivity index (χ2v) is 4.50. The van der Waals surface area contributed by atoms with Crippen molar-refractivity contribution >= 4 is 0 Å². The highest BCUT2D eigenvalue weighted by molar-refractivity contribution is 4.84. The minimum atomic E-state index is -0.374. The van der Waals surface area contributed by atoms with Crippen LogP contribution >= 0.6 is 0 Å². The number of nitrogens with zero attached hydrogens (tertiary/aromatic N) is 1. The van der Waals surface area contributed by atoms with E-state index in [2.05, 4.69) is 25.7 Å². The van der Waals surface area contributed by atoms with E-state index in [4.69, 9.17) is 9.47 Å². The lowest BCUT2D eigenvalue weighted by atomic mass is 10.1. The van der Waals surface area contributed by atoms with Gasteiger partial charge in [-0.3, -0.25) is 4.90 Å². The summed E-state index contributed by atoms with van der Waals surface area (Å²) in [6.07, 6.45) is 5.54. The van der Waals surface area contributed by atoms with Gasteiger partial charge in [0.05, 0.1) is 13.2 Å². The molecule has 1 rings (SSSR count). The van der Waals surface area contributed by atoms with Crippen LogP contribution in [0.15, 0.2) is 0 Å². The second kappa shape index (κ2) is 7.25. The minimum Gasteiger partial charge on any atom is -0.337 e. The molecule has 0 aromatic heterocycles. The zero-order chi connectivity index (χ0) is 11.9. The monoisotopic (exact) mass is 229 g/mol. The number of ether oxygens (including phenoxy) is 2. The Kier molecular flexibility index (Phi) is 6.32. The van der Waals surface area contributed by atoms with E-state index in [-0.39, 0.29) is 5.91 Å². The molecule has 1 aliphatic rings. The van der Waals surface area contributed by atoms with Gasteiger partial charge < -0.3 is 9.47 Å². The van der Waals surface area contributed by atoms with Gasteiger partial charge >= 0.3 is 0 Å². The third-order valence-corrected chi connectivity index (χ3v) is 3.03. The zero-order valence-electron chi connectivity index (χ0n) is 11.1. The molecular formula is C13H27NO2. The van der Waals surface area contributed by atoms with E-state index >= 15 is 0 Å². The predicted octanol–water partition coefficient (Wildman–Crippen LogP) is 3.00. The van der Waals surface area contributed by atoms with Crippen LogP contribution in [-0.2, 0) is 9.47 Å². The van der Waals surface area contributed by atoms with E-state index in [1.807, 2.05) is 0 Å². The average Bonchev–Trinajstić information content (AvgIpc) is 2.29. The molecule has 0 radical (unpaired) electrons. The van der Waals surface area contributed by atoms with E-state index in [1.165, 1.54) is 6.42 Å². The first-order chi connectivity index (χ1) is 7.79. The molecule has 3 nitrogen and oxygen atoms in total. The van der Waals surface area contributed by atoms with Gasteiger partial charge in [0.2, 0.25) is 5.91 Å². The van der Waals surface area contributed by atoms with Gasteiger partial charge in [-0.25, -0.2) is 0 Å². The van der Waals surface area contributed by atoms with E-state index in [1.54, 1.807) is 0 Å². The summed E-state index contributed by atoms with van der Waals surface area (Å²) >= 11 is 0. The van der Waals surface area contributed by atoms with Crippen LogP contribution in [0.4, 0.5) is 0 Å². The maximum atomic E-state index is 5.98. The Balaban J connectivity index is 2.41. The van der Waals surface area contributed by atoms with Gasteiger partial charge in [0.1, 0.15) is 0 Å². The van der Waals surface area contributed by atoms with E-state index < -0.39 is 0 Å². The first-order valence-corrected chi connectivity index (χ1v) is 6.82. The van der Waals surface area contributed by atoms with Crippen LogP contribution in [0.1, 0.15) is 52.9 Å². The molecule has 0 spiro atoms. The first-order valence-electron chi connectivity index (χ1n) is 6.82. The summed E-state index contributed by atoms with van der Waals surface area (Å²) in [5.74, 6) is -0.374. The Bertz CT molecular complexity index is 187. The number of likely N-dealkylation sites (tertiary alicyclic amines) is 1. The van der Waals surface area contributed by atoms with Crippen LogP contribution in [-0.4, -0.2) is 37.1 Å². The third kappa shape index (κ3) is 3.44. The summed E-state index contributed by atoms with van der Waals surface area (Å²) in [5.41, 5.74) is 0. The highest BCUT2D eigenvalue weighted by atomic mass is 16.7. The van der Waals surface area contributed by atoms with Gasteiger partial charge in [-0.1, -0.05) is 27.2 Å². The standard InChI is InChI=1S/C13H27NO2/c1-4-7-12-16-13(15-11-6-3)8-10-14(13)9-5-2/h4-12H2,1-3H3. The van der Waals surface area contributed by atoms with Gasteiger partial charge in [-0.15, -0.1) is 0 Å². The Labute approximate surface area is 100 Å². The normalized spacial score (nSPS) is 25.7. The second-order valence-electron chi connectivity index (χ2n) is 4.50. The Hall–Kier alpha value is -0.120. The molecule has 1 fully saturated rings. The van der Waals surface area contributed by atoms with Gasteiger partial charge in [-0.05, 0) is 19.3 Å². The van der Waals surface area contributed by atoms with Crippen LogP contribution in [0.2, 0.25) is 0 Å². The molecule has 0 bridgehead atoms. The maximum Gasteiger partial charge on any atom is 0.231 e. The number of unbranched alkanes of at least 4 members (excludes halogenated alkanes) is 1. The molecule has 3 heteroatoms. The maximum absolute atomic E-state index is 5.98. The summed E-state index contributed by atoms with van der Waals surface area (Å²) in [6.45, 7) is 10.3. The van der Waals surface area contributed by atoms with Crippen molar-refractivity contribution in [2.45, 2.75) is 58.8 Å². The van der Waals surface area contributed by atoms with Crippen molar-refractivity contribution in [1.29, 1.82) is 0 Å². The smallest absolute Gasteiger partial charge is 0.231 e. The first kappa shape index (κ1) is 13.9. The lowest BCUT2D eigenvalue weighted by Crippen LogP contribution is -2.63. The van der Waals surface area contributed by atoms with Crippen molar-refractivity contribution in [2.75, 3.05) is 26.3 Å². The van der Waals surface area contributed by atoms with Crippen LogP contribution in [0.3, 0.4) is 0 Å². The molecule has 1 heterocycles. The molecule has 0 aromatic carbocycles. The largest absolute Gasteiger partial charge is 0.337 e. The number of hydrogen-bond donors (Lipinski definition) is 0. The predicted molar refractivity (Wildman–Crippen MR) is 66.3 cm³/mol. The fourth-order valence-corrected chi connectivity index (χ4v) is 2.01. The zero-order valence-corrected chi connectivity index (χ0v) is 11.1. The van der Waals surface area contributed by atoms with Gasteiger partial charge in [-0.2, -0.15) is 0 Å². The molecule has 1 atom stereocenters. The van der Waals surface area contributed by atoms with Crippen molar-refractivity contribution in [3.05, 3.63) is 0 Å². The Morgan fingerprint density at radius 2 is 1.75 bits per heavy atom. The van der Waals surface area contributed by atoms with Gasteiger partial charge in [0, 0.05) is 19.5 Å². The molecule has 16 heavy (non-hydrogen) atoms. The highest BCUT2D eigenvalue weighted by Gasteiger charge is 2.46. The summed E-state index contributed by atoms with van der Waals surface area (Å²) in [7, 11) is 0. The molecule has 0 N–H and O–H groups in total. The van der Waals surface area contributed by atoms with E-state index in [0.29, 0.717) is 0 Å². The molecule has 0 saturated carbocycles. The van der Waals surface area contributed by atoms with Crippen molar-refractivity contribution in [3.8, 4) is 0 Å². The van der Waals surface area contributed by atoms with Crippen LogP contribution < -0.4 is 0 Å². The van der Waals surface area contributed by atoms with Crippen LogP contribution in [0, 0.1) is 0 Å². The minimum absolute atomic E-state index is 0.374. The summed E-state index contributed by atoms with van der Waals surface area (Å²) in [5, 5.41) is 0. The lowest BCUT2D eigenvalue weighted by Gasteiger charge is -2.51. The molecule has 1 unspecified atom stereocenters. The summed E-state index contributed by atoms with van der Waals surface area (Å²) < 4.78 is 11.9. The molecule has 0 amide bonds. The van der Waals surface area contributed by atoms with Gasteiger partial charge in [0.25, 0.3) is 0 Å². The molecule has 0 aromatic rings. The molecular weight excluding hydrogens is 202 g/mol. The van der Waals surface area contributed by atoms with Crippen molar-refractivity contribution < 1.29 is 9.47 Å². The fraction of sp³-hybridized carbons (Fsp3) is 1.00. The molecule has 0 aliphatic carbocycles. The average molecular weight is 229 g/mol. The van der Waals surface area contributed by atoms with Crippen LogP contribution in [0.5, 0.6) is 0 Å². The highest BCUT2D eigenvalue weighted by Crippen LogP contribution is 2.33. The summed E-state index contributed by atoms with van der Waals surface area (Å²) in [4.78, 5) is 2.33. The van der Waals surface area contributed by atoms with Crippen molar-refractivity contribution in [1.82, 2.24) is 4.90 Å². The Morgan fingerprint density at radius 1 is 1.00 bits per heavy atom. The number of hydrogen-bond acceptors (Lipinski definition) is 3. The third-order valence-electron chi connectivity index (χ3n) is 3.03. The van der Waals surface area contributed by atoms with Crippen molar-refractivity contribution in [3.63, 3.8) is 0 Å². The molecule has 1 aliphatic heterocycles. The topological polar surface area (TPSA) is 21.7 Å². The molecule has 96 valence electrons. The number of rotatable bonds is 9. The molecule has 1 saturated heterocycles. The van der Waals surface area contributed by atoms with E-state index in [0.717, 1.165) is 52.0 Å². The van der Waals surface area contributed by atoms with E-state index in [9.17, 15) is 0 Å². The summed E-state index contributed by atoms with van der Waals surface area (Å²) in [6, 6.07) is 0. The van der Waals surface area contributed by atoms with Crippen LogP contribution in [0.25, 0.3) is 0 Å². The fourth-order valence-electron chi connectivity index (χ4n) is 2.01.